The molecule has 0 fully saturated rings. The van der Waals surface area contributed by atoms with Gasteiger partial charge in [-0.2, -0.15) is 10.4 Å². The molecule has 0 radical (unpaired) electrons. The molecule has 0 N–H and O–H groups in total. The molecule has 5 nitrogen and oxygen atoms in total. The van der Waals surface area contributed by atoms with Crippen LogP contribution in [-0.2, 0) is 0 Å². The van der Waals surface area contributed by atoms with E-state index in [2.05, 4.69) is 5.10 Å². The highest BCUT2D eigenvalue weighted by Crippen LogP contribution is 2.24. The van der Waals surface area contributed by atoms with Crippen LogP contribution in [0.25, 0.3) is 5.69 Å². The van der Waals surface area contributed by atoms with Crippen LogP contribution >= 0.6 is 0 Å². The van der Waals surface area contributed by atoms with Crippen LogP contribution < -0.4 is 0 Å². The van der Waals surface area contributed by atoms with Crippen LogP contribution in [-0.4, -0.2) is 34.2 Å². The van der Waals surface area contributed by atoms with Gasteiger partial charge in [0.2, 0.25) is 0 Å². The Kier molecular flexibility index (Phi) is 5.12. The minimum absolute atomic E-state index is 0.0610. The molecule has 1 heterocycles. The molecule has 0 saturated carbocycles. The molecule has 0 saturated heterocycles. The second-order valence-electron chi connectivity index (χ2n) is 5.62. The molecular weight excluding hydrogens is 295 g/mol. The van der Waals surface area contributed by atoms with E-state index < -0.39 is 0 Å². The first-order chi connectivity index (χ1) is 11.0. The number of nitrogens with zero attached hydrogens (tertiary/aromatic N) is 4. The number of amides is 1. The van der Waals surface area contributed by atoms with Crippen LogP contribution in [0.5, 0.6) is 0 Å². The van der Waals surface area contributed by atoms with Gasteiger partial charge in [0.1, 0.15) is 5.82 Å². The van der Waals surface area contributed by atoms with E-state index in [0.29, 0.717) is 17.8 Å². The van der Waals surface area contributed by atoms with Crippen molar-refractivity contribution in [2.24, 2.45) is 0 Å². The number of nitriles is 1. The topological polar surface area (TPSA) is 61.9 Å². The third-order valence-electron chi connectivity index (χ3n) is 3.56. The maximum atomic E-state index is 13.1. The van der Waals surface area contributed by atoms with Crippen LogP contribution in [0.3, 0.4) is 0 Å². The molecule has 0 spiro atoms. The molecule has 120 valence electrons. The number of halogens is 1. The fourth-order valence-electron chi connectivity index (χ4n) is 2.39. The first-order valence-corrected chi connectivity index (χ1v) is 7.42. The van der Waals surface area contributed by atoms with Gasteiger partial charge in [-0.25, -0.2) is 9.07 Å². The van der Waals surface area contributed by atoms with E-state index in [0.717, 1.165) is 5.69 Å². The Balaban J connectivity index is 2.41. The summed E-state index contributed by atoms with van der Waals surface area (Å²) in [6.45, 7) is 4.32. The molecule has 0 aliphatic carbocycles. The van der Waals surface area contributed by atoms with E-state index >= 15 is 0 Å². The van der Waals surface area contributed by atoms with Crippen LogP contribution in [0.4, 0.5) is 4.39 Å². The van der Waals surface area contributed by atoms with E-state index in [1.807, 2.05) is 19.9 Å². The molecular formula is C17H19FN4O. The quantitative estimate of drug-likeness (QED) is 0.852. The molecule has 0 aliphatic rings. The van der Waals surface area contributed by atoms with Gasteiger partial charge in [0, 0.05) is 13.6 Å². The highest BCUT2D eigenvalue weighted by Gasteiger charge is 2.23. The van der Waals surface area contributed by atoms with Crippen LogP contribution in [0.2, 0.25) is 0 Å². The summed E-state index contributed by atoms with van der Waals surface area (Å²) in [5.41, 5.74) is 1.98. The number of hydrogen-bond donors (Lipinski definition) is 0. The third-order valence-corrected chi connectivity index (χ3v) is 3.56. The zero-order chi connectivity index (χ0) is 17.0. The number of benzene rings is 1. The Morgan fingerprint density at radius 1 is 1.39 bits per heavy atom. The van der Waals surface area contributed by atoms with Crippen molar-refractivity contribution in [1.82, 2.24) is 14.7 Å². The Hall–Kier alpha value is -2.68. The summed E-state index contributed by atoms with van der Waals surface area (Å²) in [5, 5.41) is 13.0. The molecule has 2 rings (SSSR count). The Morgan fingerprint density at radius 2 is 2.04 bits per heavy atom. The molecule has 0 aliphatic heterocycles. The maximum absolute atomic E-state index is 13.1. The molecule has 2 aromatic rings. The van der Waals surface area contributed by atoms with Gasteiger partial charge >= 0.3 is 0 Å². The predicted octanol–water partition coefficient (Wildman–Crippen LogP) is 3.12. The fourth-order valence-corrected chi connectivity index (χ4v) is 2.39. The van der Waals surface area contributed by atoms with Gasteiger partial charge in [0.25, 0.3) is 5.91 Å². The number of hydrogen-bond acceptors (Lipinski definition) is 3. The average molecular weight is 314 g/mol. The first-order valence-electron chi connectivity index (χ1n) is 7.42. The van der Waals surface area contributed by atoms with Gasteiger partial charge in [0.05, 0.1) is 35.6 Å². The summed E-state index contributed by atoms with van der Waals surface area (Å²) < 4.78 is 14.8. The molecule has 1 aromatic heterocycles. The average Bonchev–Trinajstić information content (AvgIpc) is 2.97. The molecule has 0 bridgehead atoms. The first kappa shape index (κ1) is 16.7. The second-order valence-corrected chi connectivity index (χ2v) is 5.62. The number of rotatable bonds is 5. The third kappa shape index (κ3) is 3.57. The van der Waals surface area contributed by atoms with Crippen molar-refractivity contribution in [3.05, 3.63) is 47.5 Å². The Bertz CT molecular complexity index is 728. The number of aromatic nitrogens is 2. The molecule has 0 unspecified atom stereocenters. The van der Waals surface area contributed by atoms with Gasteiger partial charge in [0.15, 0.2) is 0 Å². The van der Waals surface area contributed by atoms with Crippen molar-refractivity contribution in [1.29, 1.82) is 5.26 Å². The predicted molar refractivity (Wildman–Crippen MR) is 84.8 cm³/mol. The van der Waals surface area contributed by atoms with Gasteiger partial charge < -0.3 is 4.90 Å². The molecule has 6 heteroatoms. The Morgan fingerprint density at radius 3 is 2.61 bits per heavy atom. The minimum atomic E-state index is -0.320. The lowest BCUT2D eigenvalue weighted by Crippen LogP contribution is -2.28. The smallest absolute Gasteiger partial charge is 0.257 e. The second kappa shape index (κ2) is 7.05. The lowest BCUT2D eigenvalue weighted by molar-refractivity contribution is 0.0796. The highest BCUT2D eigenvalue weighted by molar-refractivity contribution is 5.95. The van der Waals surface area contributed by atoms with Crippen LogP contribution in [0.1, 0.15) is 42.2 Å². The standard InChI is InChI=1S/C17H19FN4O/c1-12(2)16-15(17(23)21(3)10-4-9-19)11-20-22(16)14-7-5-13(18)6-8-14/h5-8,11-12H,4,10H2,1-3H3. The monoisotopic (exact) mass is 314 g/mol. The summed E-state index contributed by atoms with van der Waals surface area (Å²) in [6.07, 6.45) is 1.81. The van der Waals surface area contributed by atoms with Crippen molar-refractivity contribution in [2.45, 2.75) is 26.2 Å². The Labute approximate surface area is 134 Å². The lowest BCUT2D eigenvalue weighted by atomic mass is 10.0. The van der Waals surface area contributed by atoms with Crippen molar-refractivity contribution in [3.8, 4) is 11.8 Å². The SMILES string of the molecule is CC(C)c1c(C(=O)N(C)CCC#N)cnn1-c1ccc(F)cc1. The molecule has 1 aromatic carbocycles. The summed E-state index contributed by atoms with van der Waals surface area (Å²) in [7, 11) is 1.67. The van der Waals surface area contributed by atoms with Gasteiger partial charge in [-0.05, 0) is 30.2 Å². The molecule has 0 atom stereocenters. The van der Waals surface area contributed by atoms with Gasteiger partial charge in [-0.3, -0.25) is 4.79 Å². The number of carbonyl (C=O) groups excluding carboxylic acids is 1. The van der Waals surface area contributed by atoms with Crippen molar-refractivity contribution in [3.63, 3.8) is 0 Å². The minimum Gasteiger partial charge on any atom is -0.341 e. The molecule has 1 amide bonds. The zero-order valence-corrected chi connectivity index (χ0v) is 13.5. The summed E-state index contributed by atoms with van der Waals surface area (Å²) in [5.74, 6) is -0.428. The summed E-state index contributed by atoms with van der Waals surface area (Å²) >= 11 is 0. The van der Waals surface area contributed by atoms with E-state index in [-0.39, 0.29) is 24.1 Å². The van der Waals surface area contributed by atoms with Crippen LogP contribution in [0.15, 0.2) is 30.5 Å². The summed E-state index contributed by atoms with van der Waals surface area (Å²) in [6, 6.07) is 8.01. The van der Waals surface area contributed by atoms with E-state index in [9.17, 15) is 9.18 Å². The van der Waals surface area contributed by atoms with Crippen molar-refractivity contribution < 1.29 is 9.18 Å². The van der Waals surface area contributed by atoms with E-state index in [4.69, 9.17) is 5.26 Å². The normalized spacial score (nSPS) is 10.6. The van der Waals surface area contributed by atoms with E-state index in [1.165, 1.54) is 23.2 Å². The van der Waals surface area contributed by atoms with Gasteiger partial charge in [-0.1, -0.05) is 13.8 Å². The van der Waals surface area contributed by atoms with E-state index in [1.54, 1.807) is 23.9 Å². The largest absolute Gasteiger partial charge is 0.341 e. The number of carbonyl (C=O) groups is 1. The van der Waals surface area contributed by atoms with Crippen molar-refractivity contribution >= 4 is 5.91 Å². The van der Waals surface area contributed by atoms with Gasteiger partial charge in [-0.15, -0.1) is 0 Å². The zero-order valence-electron chi connectivity index (χ0n) is 13.5. The maximum Gasteiger partial charge on any atom is 0.257 e. The lowest BCUT2D eigenvalue weighted by Gasteiger charge is -2.17. The highest BCUT2D eigenvalue weighted by atomic mass is 19.1. The van der Waals surface area contributed by atoms with Crippen LogP contribution in [0, 0.1) is 17.1 Å². The summed E-state index contributed by atoms with van der Waals surface area (Å²) in [4.78, 5) is 14.1. The molecule has 23 heavy (non-hydrogen) atoms. The fraction of sp³-hybridized carbons (Fsp3) is 0.353. The van der Waals surface area contributed by atoms with Crippen molar-refractivity contribution in [2.75, 3.05) is 13.6 Å².